The summed E-state index contributed by atoms with van der Waals surface area (Å²) >= 11 is 12.3. The molecule has 0 saturated heterocycles. The Morgan fingerprint density at radius 3 is 2.59 bits per heavy atom. The molecule has 0 aliphatic carbocycles. The largest absolute Gasteiger partial charge is 0.396 e. The van der Waals surface area contributed by atoms with Crippen molar-refractivity contribution in [3.05, 3.63) is 51.0 Å². The maximum atomic E-state index is 13.4. The van der Waals surface area contributed by atoms with Crippen LogP contribution in [-0.4, -0.2) is 40.4 Å². The monoisotopic (exact) mass is 483 g/mol. The first kappa shape index (κ1) is 24.2. The smallest absolute Gasteiger partial charge is 0.294 e. The minimum absolute atomic E-state index is 0.0389. The summed E-state index contributed by atoms with van der Waals surface area (Å²) in [5.74, 6) is -2.91. The summed E-state index contributed by atoms with van der Waals surface area (Å²) in [7, 11) is 0. The molecule has 0 spiro atoms. The number of carbonyl (C=O) groups is 3. The van der Waals surface area contributed by atoms with Crippen molar-refractivity contribution in [3.8, 4) is 0 Å². The molecule has 0 bridgehead atoms. The normalized spacial score (nSPS) is 13.4. The summed E-state index contributed by atoms with van der Waals surface area (Å²) in [5, 5.41) is 14.2. The minimum atomic E-state index is -0.864. The molecule has 1 aromatic carbocycles. The van der Waals surface area contributed by atoms with Gasteiger partial charge in [0.2, 0.25) is 0 Å². The standard InChI is InChI=1S/C22H24Cl2FN3O4/c1-22(2,11-29)10-26-21(32)19(30)18-17(24)16(15-5-3-4-8-28(15)18)20(31)27-12-6-7-14(25)13(23)9-12/h6-7,9,29H,3-5,8,10-11H2,1-2H3,(H,26,32)(H,27,31). The van der Waals surface area contributed by atoms with E-state index in [2.05, 4.69) is 10.6 Å². The Balaban J connectivity index is 1.92. The summed E-state index contributed by atoms with van der Waals surface area (Å²) in [6.45, 7) is 3.86. The van der Waals surface area contributed by atoms with E-state index >= 15 is 0 Å². The Morgan fingerprint density at radius 1 is 1.22 bits per heavy atom. The highest BCUT2D eigenvalue weighted by Gasteiger charge is 2.34. The molecular formula is C22H24Cl2FN3O4. The summed E-state index contributed by atoms with van der Waals surface area (Å²) < 4.78 is 15.0. The number of aromatic nitrogens is 1. The van der Waals surface area contributed by atoms with Gasteiger partial charge in [-0.2, -0.15) is 0 Å². The number of anilines is 1. The highest BCUT2D eigenvalue weighted by Crippen LogP contribution is 2.33. The molecule has 2 amide bonds. The Kier molecular flexibility index (Phi) is 7.27. The number of hydrogen-bond donors (Lipinski definition) is 3. The van der Waals surface area contributed by atoms with Gasteiger partial charge >= 0.3 is 0 Å². The molecule has 7 nitrogen and oxygen atoms in total. The number of nitrogens with zero attached hydrogens (tertiary/aromatic N) is 1. The number of aliphatic hydroxyl groups is 1. The average Bonchev–Trinajstić information content (AvgIpc) is 3.06. The Morgan fingerprint density at radius 2 is 1.94 bits per heavy atom. The molecule has 0 atom stereocenters. The lowest BCUT2D eigenvalue weighted by Gasteiger charge is -2.22. The third kappa shape index (κ3) is 4.98. The van der Waals surface area contributed by atoms with Crippen LogP contribution < -0.4 is 10.6 Å². The van der Waals surface area contributed by atoms with E-state index in [1.54, 1.807) is 18.4 Å². The first-order valence-corrected chi connectivity index (χ1v) is 10.9. The van der Waals surface area contributed by atoms with E-state index in [-0.39, 0.29) is 40.1 Å². The van der Waals surface area contributed by atoms with E-state index in [9.17, 15) is 23.9 Å². The lowest BCUT2D eigenvalue weighted by Crippen LogP contribution is -2.40. The zero-order valence-electron chi connectivity index (χ0n) is 17.7. The lowest BCUT2D eigenvalue weighted by molar-refractivity contribution is -0.117. The van der Waals surface area contributed by atoms with Gasteiger partial charge in [-0.15, -0.1) is 0 Å². The van der Waals surface area contributed by atoms with Crippen LogP contribution >= 0.6 is 23.2 Å². The van der Waals surface area contributed by atoms with E-state index < -0.39 is 28.8 Å². The Hall–Kier alpha value is -2.42. The molecule has 0 saturated carbocycles. The number of nitrogens with one attached hydrogen (secondary N) is 2. The fourth-order valence-electron chi connectivity index (χ4n) is 3.49. The van der Waals surface area contributed by atoms with Gasteiger partial charge in [0.15, 0.2) is 0 Å². The molecule has 1 aromatic heterocycles. The van der Waals surface area contributed by atoms with Gasteiger partial charge in [-0.25, -0.2) is 4.39 Å². The topological polar surface area (TPSA) is 100 Å². The summed E-state index contributed by atoms with van der Waals surface area (Å²) in [6, 6.07) is 3.76. The number of halogens is 3. The van der Waals surface area contributed by atoms with E-state index in [4.69, 9.17) is 23.2 Å². The highest BCUT2D eigenvalue weighted by atomic mass is 35.5. The number of benzene rings is 1. The molecule has 1 aliphatic rings. The van der Waals surface area contributed by atoms with Crippen LogP contribution in [-0.2, 0) is 17.8 Å². The molecule has 3 rings (SSSR count). The molecule has 1 aliphatic heterocycles. The fraction of sp³-hybridized carbons (Fsp3) is 0.409. The molecule has 3 N–H and O–H groups in total. The third-order valence-electron chi connectivity index (χ3n) is 5.34. The molecule has 32 heavy (non-hydrogen) atoms. The quantitative estimate of drug-likeness (QED) is 0.411. The second kappa shape index (κ2) is 9.60. The van der Waals surface area contributed by atoms with Crippen molar-refractivity contribution in [1.82, 2.24) is 9.88 Å². The molecule has 2 heterocycles. The van der Waals surface area contributed by atoms with Crippen LogP contribution in [0.3, 0.4) is 0 Å². The van der Waals surface area contributed by atoms with E-state index in [0.29, 0.717) is 18.7 Å². The molecule has 0 unspecified atom stereocenters. The van der Waals surface area contributed by atoms with Gasteiger partial charge in [0, 0.05) is 36.5 Å². The number of fused-ring (bicyclic) bond motifs is 1. The third-order valence-corrected chi connectivity index (χ3v) is 6.00. The Labute approximate surface area is 194 Å². The van der Waals surface area contributed by atoms with Crippen LogP contribution in [0.5, 0.6) is 0 Å². The second-order valence-corrected chi connectivity index (χ2v) is 9.30. The van der Waals surface area contributed by atoms with Crippen molar-refractivity contribution in [2.45, 2.75) is 39.7 Å². The fourth-order valence-corrected chi connectivity index (χ4v) is 4.05. The first-order chi connectivity index (χ1) is 15.1. The lowest BCUT2D eigenvalue weighted by atomic mass is 9.95. The number of rotatable bonds is 7. The number of amides is 2. The van der Waals surface area contributed by atoms with Crippen molar-refractivity contribution in [1.29, 1.82) is 0 Å². The molecule has 0 radical (unpaired) electrons. The number of ketones is 1. The van der Waals surface area contributed by atoms with Gasteiger partial charge in [0.1, 0.15) is 11.5 Å². The van der Waals surface area contributed by atoms with Crippen LogP contribution in [0.4, 0.5) is 10.1 Å². The van der Waals surface area contributed by atoms with Gasteiger partial charge in [0.05, 0.1) is 15.6 Å². The van der Waals surface area contributed by atoms with Crippen LogP contribution in [0.1, 0.15) is 53.2 Å². The van der Waals surface area contributed by atoms with Crippen molar-refractivity contribution in [2.75, 3.05) is 18.5 Å². The minimum Gasteiger partial charge on any atom is -0.396 e. The molecule has 2 aromatic rings. The van der Waals surface area contributed by atoms with Crippen LogP contribution in [0.15, 0.2) is 18.2 Å². The van der Waals surface area contributed by atoms with Gasteiger partial charge < -0.3 is 20.3 Å². The van der Waals surface area contributed by atoms with Crippen molar-refractivity contribution < 1.29 is 23.9 Å². The van der Waals surface area contributed by atoms with E-state index in [1.165, 1.54) is 12.1 Å². The van der Waals surface area contributed by atoms with Crippen molar-refractivity contribution >= 4 is 46.5 Å². The van der Waals surface area contributed by atoms with Crippen LogP contribution in [0.25, 0.3) is 0 Å². The number of aliphatic hydroxyl groups excluding tert-OH is 1. The van der Waals surface area contributed by atoms with Crippen LogP contribution in [0.2, 0.25) is 10.0 Å². The van der Waals surface area contributed by atoms with E-state index in [1.807, 2.05) is 0 Å². The zero-order valence-corrected chi connectivity index (χ0v) is 19.2. The molecule has 172 valence electrons. The molecule has 10 heteroatoms. The SMILES string of the molecule is CC(C)(CO)CNC(=O)C(=O)c1c(Cl)c(C(=O)Nc2ccc(F)c(Cl)c2)c2n1CCCC2. The predicted molar refractivity (Wildman–Crippen MR) is 120 cm³/mol. The average molecular weight is 484 g/mol. The summed E-state index contributed by atoms with van der Waals surface area (Å²) in [4.78, 5) is 38.5. The molecular weight excluding hydrogens is 460 g/mol. The van der Waals surface area contributed by atoms with Gasteiger partial charge in [0.25, 0.3) is 17.6 Å². The van der Waals surface area contributed by atoms with E-state index in [0.717, 1.165) is 18.9 Å². The van der Waals surface area contributed by atoms with Gasteiger partial charge in [-0.05, 0) is 37.5 Å². The number of hydrogen-bond acceptors (Lipinski definition) is 4. The maximum Gasteiger partial charge on any atom is 0.294 e. The summed E-state index contributed by atoms with van der Waals surface area (Å²) in [5.41, 5.74) is 0.310. The summed E-state index contributed by atoms with van der Waals surface area (Å²) in [6.07, 6.45) is 2.08. The predicted octanol–water partition coefficient (Wildman–Crippen LogP) is 3.84. The van der Waals surface area contributed by atoms with Crippen molar-refractivity contribution in [2.24, 2.45) is 5.41 Å². The second-order valence-electron chi connectivity index (χ2n) is 8.51. The van der Waals surface area contributed by atoms with Crippen LogP contribution in [0, 0.1) is 11.2 Å². The van der Waals surface area contributed by atoms with Gasteiger partial charge in [-0.1, -0.05) is 37.0 Å². The molecule has 0 fully saturated rings. The number of Topliss-reactive ketones (excluding diaryl/α,β-unsaturated/α-hetero) is 1. The first-order valence-electron chi connectivity index (χ1n) is 10.2. The van der Waals surface area contributed by atoms with Gasteiger partial charge in [-0.3, -0.25) is 14.4 Å². The Bertz CT molecular complexity index is 1080. The highest BCUT2D eigenvalue weighted by molar-refractivity contribution is 6.48. The van der Waals surface area contributed by atoms with Crippen molar-refractivity contribution in [3.63, 3.8) is 0 Å². The maximum absolute atomic E-state index is 13.4. The zero-order chi connectivity index (χ0) is 23.6. The number of carbonyl (C=O) groups excluding carboxylic acids is 3.